The zero-order chi connectivity index (χ0) is 25.1. The van der Waals surface area contributed by atoms with E-state index in [-0.39, 0.29) is 12.2 Å². The first-order valence-corrected chi connectivity index (χ1v) is 14.3. The van der Waals surface area contributed by atoms with Crippen molar-refractivity contribution in [3.8, 4) is 5.75 Å². The molecule has 2 saturated carbocycles. The number of unbranched alkanes of at least 4 members (excludes halogenated alkanes) is 1. The summed E-state index contributed by atoms with van der Waals surface area (Å²) in [5.74, 6) is 4.30. The van der Waals surface area contributed by atoms with E-state index in [9.17, 15) is 10.2 Å². The molecule has 3 N–H and O–H groups in total. The second-order valence-corrected chi connectivity index (χ2v) is 11.7. The van der Waals surface area contributed by atoms with Gasteiger partial charge < -0.3 is 15.3 Å². The Bertz CT molecular complexity index is 613. The highest BCUT2D eigenvalue weighted by atomic mass is 16.3. The molecule has 8 atom stereocenters. The molecule has 0 spiro atoms. The topological polar surface area (TPSA) is 60.7 Å². The molecule has 2 aliphatic carbocycles. The van der Waals surface area contributed by atoms with Gasteiger partial charge >= 0.3 is 0 Å². The quantitative estimate of drug-likeness (QED) is 0.319. The van der Waals surface area contributed by atoms with E-state index in [0.717, 1.165) is 29.2 Å². The van der Waals surface area contributed by atoms with Crippen LogP contribution >= 0.6 is 0 Å². The lowest BCUT2D eigenvalue weighted by Gasteiger charge is -2.38. The Kier molecular flexibility index (Phi) is 13.0. The summed E-state index contributed by atoms with van der Waals surface area (Å²) in [6.07, 6.45) is 15.2. The van der Waals surface area contributed by atoms with Crippen molar-refractivity contribution in [3.63, 3.8) is 0 Å². The molecule has 0 aliphatic heterocycles. The molecular weight excluding hydrogens is 420 g/mol. The molecule has 196 valence electrons. The molecule has 0 aromatic heterocycles. The minimum absolute atomic E-state index is 0.175. The van der Waals surface area contributed by atoms with Crippen molar-refractivity contribution < 1.29 is 15.3 Å². The summed E-state index contributed by atoms with van der Waals surface area (Å²) in [6, 6.07) is 7.25. The number of hydrogen-bond acceptors (Lipinski definition) is 3. The van der Waals surface area contributed by atoms with Gasteiger partial charge in [-0.2, -0.15) is 0 Å². The van der Waals surface area contributed by atoms with Crippen LogP contribution in [0.25, 0.3) is 0 Å². The van der Waals surface area contributed by atoms with Crippen LogP contribution in [-0.2, 0) is 0 Å². The number of aliphatic hydroxyl groups excluding tert-OH is 2. The summed E-state index contributed by atoms with van der Waals surface area (Å²) in [7, 11) is 0. The van der Waals surface area contributed by atoms with Gasteiger partial charge in [-0.1, -0.05) is 83.4 Å². The van der Waals surface area contributed by atoms with Gasteiger partial charge in [0.1, 0.15) is 5.75 Å². The summed E-state index contributed by atoms with van der Waals surface area (Å²) in [4.78, 5) is 0. The van der Waals surface area contributed by atoms with Crippen LogP contribution in [0.15, 0.2) is 24.3 Å². The molecule has 0 amide bonds. The van der Waals surface area contributed by atoms with Gasteiger partial charge in [0.15, 0.2) is 0 Å². The smallest absolute Gasteiger partial charge is 0.118 e. The molecule has 8 unspecified atom stereocenters. The molecule has 0 bridgehead atoms. The molecule has 3 rings (SSSR count). The van der Waals surface area contributed by atoms with Crippen molar-refractivity contribution in [1.82, 2.24) is 0 Å². The van der Waals surface area contributed by atoms with Crippen molar-refractivity contribution in [2.45, 2.75) is 124 Å². The van der Waals surface area contributed by atoms with Gasteiger partial charge in [0.25, 0.3) is 0 Å². The predicted molar refractivity (Wildman–Crippen MR) is 144 cm³/mol. The number of rotatable bonds is 9. The van der Waals surface area contributed by atoms with Crippen LogP contribution in [0.1, 0.15) is 110 Å². The van der Waals surface area contributed by atoms with E-state index in [2.05, 4.69) is 13.8 Å². The highest BCUT2D eigenvalue weighted by Crippen LogP contribution is 2.41. The molecule has 0 heterocycles. The van der Waals surface area contributed by atoms with Crippen molar-refractivity contribution in [3.05, 3.63) is 29.8 Å². The van der Waals surface area contributed by atoms with E-state index in [4.69, 9.17) is 5.11 Å². The lowest BCUT2D eigenvalue weighted by atomic mass is 9.69. The molecule has 34 heavy (non-hydrogen) atoms. The largest absolute Gasteiger partial charge is 0.508 e. The number of aliphatic hydroxyl groups is 2. The van der Waals surface area contributed by atoms with Crippen molar-refractivity contribution in [1.29, 1.82) is 0 Å². The summed E-state index contributed by atoms with van der Waals surface area (Å²) in [5, 5.41) is 29.7. The van der Waals surface area contributed by atoms with Crippen molar-refractivity contribution >= 4 is 0 Å². The van der Waals surface area contributed by atoms with E-state index < -0.39 is 0 Å². The standard InChI is InChI=1S/C24H46O2.C7H8O/c1-17-11-5-7-13-21(17)23(19(3)25)15-9-10-16-24(20(4)26)22-14-8-6-12-18(22)2;1-6-4-2-3-5-7(6)8/h17-26H,5-16H2,1-4H3;2-5,8H,1H3. The van der Waals surface area contributed by atoms with Gasteiger partial charge in [-0.15, -0.1) is 0 Å². The molecule has 0 radical (unpaired) electrons. The Morgan fingerprint density at radius 2 is 1.15 bits per heavy atom. The lowest BCUT2D eigenvalue weighted by Crippen LogP contribution is -2.33. The van der Waals surface area contributed by atoms with Crippen LogP contribution in [0.4, 0.5) is 0 Å². The maximum absolute atomic E-state index is 10.4. The molecule has 0 saturated heterocycles. The van der Waals surface area contributed by atoms with E-state index in [1.165, 1.54) is 77.0 Å². The van der Waals surface area contributed by atoms with Crippen LogP contribution in [0, 0.1) is 42.4 Å². The fourth-order valence-corrected chi connectivity index (χ4v) is 6.91. The Balaban J connectivity index is 0.000000430. The summed E-state index contributed by atoms with van der Waals surface area (Å²) in [6.45, 7) is 10.7. The third-order valence-corrected chi connectivity index (χ3v) is 9.14. The average molecular weight is 475 g/mol. The molecular formula is C31H54O3. The number of aromatic hydroxyl groups is 1. The second-order valence-electron chi connectivity index (χ2n) is 11.7. The normalized spacial score (nSPS) is 28.8. The number of benzene rings is 1. The summed E-state index contributed by atoms with van der Waals surface area (Å²) in [5.41, 5.74) is 0.924. The van der Waals surface area contributed by atoms with E-state index >= 15 is 0 Å². The van der Waals surface area contributed by atoms with Crippen LogP contribution in [0.2, 0.25) is 0 Å². The first-order chi connectivity index (χ1) is 16.2. The maximum Gasteiger partial charge on any atom is 0.118 e. The van der Waals surface area contributed by atoms with Crippen LogP contribution in [0.3, 0.4) is 0 Å². The van der Waals surface area contributed by atoms with Crippen LogP contribution in [-0.4, -0.2) is 27.5 Å². The summed E-state index contributed by atoms with van der Waals surface area (Å²) >= 11 is 0. The van der Waals surface area contributed by atoms with Gasteiger partial charge in [-0.3, -0.25) is 0 Å². The SMILES string of the molecule is CC(O)C(CCCCC(C(C)O)C1CCCCC1C)C1CCCCC1C.Cc1ccccc1O. The average Bonchev–Trinajstić information content (AvgIpc) is 2.80. The molecule has 3 heteroatoms. The Morgan fingerprint density at radius 3 is 1.47 bits per heavy atom. The Morgan fingerprint density at radius 1 is 0.735 bits per heavy atom. The first kappa shape index (κ1) is 29.2. The van der Waals surface area contributed by atoms with Gasteiger partial charge in [-0.25, -0.2) is 0 Å². The molecule has 1 aromatic rings. The highest BCUT2D eigenvalue weighted by Gasteiger charge is 2.33. The van der Waals surface area contributed by atoms with Crippen LogP contribution < -0.4 is 0 Å². The van der Waals surface area contributed by atoms with Gasteiger partial charge in [-0.05, 0) is 93.6 Å². The molecule has 2 fully saturated rings. The molecule has 1 aromatic carbocycles. The highest BCUT2D eigenvalue weighted by molar-refractivity contribution is 5.29. The number of para-hydroxylation sites is 1. The minimum atomic E-state index is -0.175. The first-order valence-electron chi connectivity index (χ1n) is 14.3. The van der Waals surface area contributed by atoms with E-state index in [0.29, 0.717) is 17.6 Å². The second kappa shape index (κ2) is 15.1. The monoisotopic (exact) mass is 474 g/mol. The van der Waals surface area contributed by atoms with Gasteiger partial charge in [0.05, 0.1) is 12.2 Å². The van der Waals surface area contributed by atoms with Crippen molar-refractivity contribution in [2.24, 2.45) is 35.5 Å². The third-order valence-electron chi connectivity index (χ3n) is 9.14. The Labute approximate surface area is 210 Å². The van der Waals surface area contributed by atoms with Gasteiger partial charge in [0.2, 0.25) is 0 Å². The van der Waals surface area contributed by atoms with Crippen molar-refractivity contribution in [2.75, 3.05) is 0 Å². The number of phenolic OH excluding ortho intramolecular Hbond substituents is 1. The third kappa shape index (κ3) is 9.19. The molecule has 2 aliphatic rings. The maximum atomic E-state index is 10.4. The van der Waals surface area contributed by atoms with E-state index in [1.54, 1.807) is 6.07 Å². The number of phenols is 1. The zero-order valence-electron chi connectivity index (χ0n) is 22.8. The Hall–Kier alpha value is -1.06. The fourth-order valence-electron chi connectivity index (χ4n) is 6.91. The summed E-state index contributed by atoms with van der Waals surface area (Å²) < 4.78 is 0. The number of aryl methyl sites for hydroxylation is 1. The lowest BCUT2D eigenvalue weighted by molar-refractivity contribution is 0.0339. The van der Waals surface area contributed by atoms with Gasteiger partial charge in [0, 0.05) is 0 Å². The zero-order valence-corrected chi connectivity index (χ0v) is 22.8. The fraction of sp³-hybridized carbons (Fsp3) is 0.806. The van der Waals surface area contributed by atoms with Crippen LogP contribution in [0.5, 0.6) is 5.75 Å². The minimum Gasteiger partial charge on any atom is -0.508 e. The predicted octanol–water partition coefficient (Wildman–Crippen LogP) is 7.89. The molecule has 3 nitrogen and oxygen atoms in total. The number of hydrogen-bond donors (Lipinski definition) is 3. The van der Waals surface area contributed by atoms with E-state index in [1.807, 2.05) is 39.0 Å².